The molecule has 92 valence electrons. The first-order chi connectivity index (χ1) is 8.62. The summed E-state index contributed by atoms with van der Waals surface area (Å²) in [6.45, 7) is 1.75. The van der Waals surface area contributed by atoms with Crippen LogP contribution in [0.2, 0.25) is 0 Å². The molecule has 18 heavy (non-hydrogen) atoms. The maximum absolute atomic E-state index is 10.2. The molecule has 0 fully saturated rings. The third-order valence-corrected chi connectivity index (χ3v) is 4.20. The van der Waals surface area contributed by atoms with Crippen molar-refractivity contribution in [3.05, 3.63) is 59.2 Å². The molecule has 1 aliphatic carbocycles. The number of halogens is 1. The average Bonchev–Trinajstić information content (AvgIpc) is 2.76. The van der Waals surface area contributed by atoms with Crippen molar-refractivity contribution in [2.75, 3.05) is 5.88 Å². The predicted molar refractivity (Wildman–Crippen MR) is 75.0 cm³/mol. The summed E-state index contributed by atoms with van der Waals surface area (Å²) in [5.41, 5.74) is 5.16. The fourth-order valence-corrected chi connectivity index (χ4v) is 2.71. The van der Waals surface area contributed by atoms with E-state index in [4.69, 9.17) is 11.6 Å². The van der Waals surface area contributed by atoms with Gasteiger partial charge in [0.2, 0.25) is 0 Å². The lowest BCUT2D eigenvalue weighted by molar-refractivity contribution is 0.0824. The van der Waals surface area contributed by atoms with Crippen LogP contribution in [0, 0.1) is 0 Å². The van der Waals surface area contributed by atoms with Crippen molar-refractivity contribution in [2.24, 2.45) is 0 Å². The van der Waals surface area contributed by atoms with Crippen LogP contribution in [-0.4, -0.2) is 11.0 Å². The van der Waals surface area contributed by atoms with Crippen LogP contribution in [0.4, 0.5) is 0 Å². The molecule has 0 heterocycles. The van der Waals surface area contributed by atoms with E-state index in [0.29, 0.717) is 0 Å². The van der Waals surface area contributed by atoms with Crippen LogP contribution in [0.15, 0.2) is 42.5 Å². The van der Waals surface area contributed by atoms with E-state index >= 15 is 0 Å². The number of hydrogen-bond donors (Lipinski definition) is 1. The smallest absolute Gasteiger partial charge is 0.100 e. The molecule has 0 amide bonds. The van der Waals surface area contributed by atoms with Gasteiger partial charge in [-0.3, -0.25) is 0 Å². The Balaban J connectivity index is 2.09. The fourth-order valence-electron chi connectivity index (χ4n) is 2.56. The molecule has 0 radical (unpaired) electrons. The molecule has 0 aromatic heterocycles. The second-order valence-electron chi connectivity index (χ2n) is 5.11. The second kappa shape index (κ2) is 4.11. The molecule has 3 rings (SSSR count). The van der Waals surface area contributed by atoms with Crippen molar-refractivity contribution in [1.82, 2.24) is 0 Å². The first-order valence-corrected chi connectivity index (χ1v) is 6.65. The third kappa shape index (κ3) is 1.75. The molecule has 2 aromatic rings. The molecule has 1 atom stereocenters. The molecule has 1 N–H and O–H groups in total. The van der Waals surface area contributed by atoms with Gasteiger partial charge in [0.25, 0.3) is 0 Å². The van der Waals surface area contributed by atoms with Gasteiger partial charge in [0.05, 0.1) is 5.88 Å². The van der Waals surface area contributed by atoms with Crippen molar-refractivity contribution >= 4 is 11.6 Å². The highest BCUT2D eigenvalue weighted by molar-refractivity contribution is 6.18. The van der Waals surface area contributed by atoms with Crippen LogP contribution in [0.3, 0.4) is 0 Å². The zero-order chi connectivity index (χ0) is 12.8. The lowest BCUT2D eigenvalue weighted by atomic mass is 9.94. The van der Waals surface area contributed by atoms with Crippen molar-refractivity contribution in [2.45, 2.75) is 18.9 Å². The van der Waals surface area contributed by atoms with E-state index in [0.717, 1.165) is 12.0 Å². The lowest BCUT2D eigenvalue weighted by Crippen LogP contribution is -2.23. The number of rotatable bonds is 2. The third-order valence-electron chi connectivity index (χ3n) is 3.68. The maximum Gasteiger partial charge on any atom is 0.100 e. The van der Waals surface area contributed by atoms with Gasteiger partial charge < -0.3 is 5.11 Å². The molecule has 2 aromatic carbocycles. The number of hydrogen-bond acceptors (Lipinski definition) is 1. The first kappa shape index (κ1) is 11.8. The highest BCUT2D eigenvalue weighted by Gasteiger charge is 2.25. The van der Waals surface area contributed by atoms with Crippen molar-refractivity contribution < 1.29 is 5.11 Å². The largest absolute Gasteiger partial charge is 0.384 e. The van der Waals surface area contributed by atoms with Gasteiger partial charge in [-0.15, -0.1) is 11.6 Å². The summed E-state index contributed by atoms with van der Waals surface area (Å²) in [6.07, 6.45) is 0.942. The minimum Gasteiger partial charge on any atom is -0.384 e. The van der Waals surface area contributed by atoms with E-state index in [-0.39, 0.29) is 5.88 Å². The van der Waals surface area contributed by atoms with Crippen LogP contribution in [0.1, 0.15) is 23.6 Å². The summed E-state index contributed by atoms with van der Waals surface area (Å²) >= 11 is 5.82. The lowest BCUT2D eigenvalue weighted by Gasteiger charge is -2.21. The van der Waals surface area contributed by atoms with Gasteiger partial charge in [-0.1, -0.05) is 42.5 Å². The Hall–Kier alpha value is -1.31. The Morgan fingerprint density at radius 3 is 2.61 bits per heavy atom. The summed E-state index contributed by atoms with van der Waals surface area (Å²) in [5, 5.41) is 10.2. The van der Waals surface area contributed by atoms with Gasteiger partial charge in [-0.2, -0.15) is 0 Å². The minimum absolute atomic E-state index is 0.207. The molecule has 0 unspecified atom stereocenters. The molecule has 2 heteroatoms. The standard InChI is InChI=1S/C16H15ClO/c1-16(18,10-17)13-6-7-15-12(9-13)8-11-4-2-3-5-14(11)15/h2-7,9,18H,8,10H2,1H3/t16-/m0/s1. The average molecular weight is 259 g/mol. The molecular formula is C16H15ClO. The Kier molecular flexibility index (Phi) is 2.69. The maximum atomic E-state index is 10.2. The van der Waals surface area contributed by atoms with Gasteiger partial charge in [0.15, 0.2) is 0 Å². The zero-order valence-corrected chi connectivity index (χ0v) is 11.0. The topological polar surface area (TPSA) is 20.2 Å². The van der Waals surface area contributed by atoms with Crippen molar-refractivity contribution in [1.29, 1.82) is 0 Å². The van der Waals surface area contributed by atoms with Crippen LogP contribution in [0.5, 0.6) is 0 Å². The Morgan fingerprint density at radius 2 is 1.83 bits per heavy atom. The van der Waals surface area contributed by atoms with Gasteiger partial charge in [-0.25, -0.2) is 0 Å². The highest BCUT2D eigenvalue weighted by Crippen LogP contribution is 2.38. The summed E-state index contributed by atoms with van der Waals surface area (Å²) in [4.78, 5) is 0. The molecule has 0 aliphatic heterocycles. The number of benzene rings is 2. The summed E-state index contributed by atoms with van der Waals surface area (Å²) < 4.78 is 0. The van der Waals surface area contributed by atoms with E-state index < -0.39 is 5.60 Å². The molecule has 0 saturated heterocycles. The molecule has 1 aliphatic rings. The Morgan fingerprint density at radius 1 is 1.11 bits per heavy atom. The quantitative estimate of drug-likeness (QED) is 0.695. The normalized spacial score (nSPS) is 15.9. The van der Waals surface area contributed by atoms with Crippen LogP contribution in [-0.2, 0) is 12.0 Å². The van der Waals surface area contributed by atoms with Crippen LogP contribution >= 0.6 is 11.6 Å². The van der Waals surface area contributed by atoms with E-state index in [1.54, 1.807) is 6.92 Å². The van der Waals surface area contributed by atoms with Gasteiger partial charge in [0, 0.05) is 0 Å². The van der Waals surface area contributed by atoms with E-state index in [1.165, 1.54) is 22.3 Å². The fraction of sp³-hybridized carbons (Fsp3) is 0.250. The molecule has 0 bridgehead atoms. The van der Waals surface area contributed by atoms with Gasteiger partial charge in [0.1, 0.15) is 5.60 Å². The highest BCUT2D eigenvalue weighted by atomic mass is 35.5. The summed E-state index contributed by atoms with van der Waals surface area (Å²) in [7, 11) is 0. The minimum atomic E-state index is -0.953. The first-order valence-electron chi connectivity index (χ1n) is 6.12. The monoisotopic (exact) mass is 258 g/mol. The second-order valence-corrected chi connectivity index (χ2v) is 5.38. The van der Waals surface area contributed by atoms with Crippen LogP contribution < -0.4 is 0 Å². The van der Waals surface area contributed by atoms with Crippen LogP contribution in [0.25, 0.3) is 11.1 Å². The van der Waals surface area contributed by atoms with E-state index in [1.807, 2.05) is 6.07 Å². The van der Waals surface area contributed by atoms with Gasteiger partial charge >= 0.3 is 0 Å². The molecule has 1 nitrogen and oxygen atoms in total. The SMILES string of the molecule is C[C@](O)(CCl)c1ccc2c(c1)Cc1ccccc1-2. The Bertz CT molecular complexity index is 602. The predicted octanol–water partition coefficient (Wildman–Crippen LogP) is 3.70. The molecular weight excluding hydrogens is 244 g/mol. The summed E-state index contributed by atoms with van der Waals surface area (Å²) in [5.74, 6) is 0.207. The van der Waals surface area contributed by atoms with E-state index in [9.17, 15) is 5.11 Å². The zero-order valence-electron chi connectivity index (χ0n) is 10.3. The van der Waals surface area contributed by atoms with Crippen molar-refractivity contribution in [3.8, 4) is 11.1 Å². The number of alkyl halides is 1. The Labute approximate surface area is 112 Å². The van der Waals surface area contributed by atoms with Crippen molar-refractivity contribution in [3.63, 3.8) is 0 Å². The number of fused-ring (bicyclic) bond motifs is 3. The molecule has 0 saturated carbocycles. The van der Waals surface area contributed by atoms with E-state index in [2.05, 4.69) is 36.4 Å². The summed E-state index contributed by atoms with van der Waals surface area (Å²) in [6, 6.07) is 14.6. The van der Waals surface area contributed by atoms with Gasteiger partial charge in [-0.05, 0) is 41.2 Å². The number of aliphatic hydroxyl groups is 1. The molecule has 0 spiro atoms.